The lowest BCUT2D eigenvalue weighted by molar-refractivity contribution is 0.244. The first-order chi connectivity index (χ1) is 5.11. The Bertz CT molecular complexity index is 129. The molecule has 0 saturated carbocycles. The fourth-order valence-corrected chi connectivity index (χ4v) is 3.47. The van der Waals surface area contributed by atoms with Crippen LogP contribution in [0.3, 0.4) is 0 Å². The lowest BCUT2D eigenvalue weighted by Gasteiger charge is -2.36. The van der Waals surface area contributed by atoms with E-state index >= 15 is 0 Å². The average molecular weight is 169 g/mol. The molecule has 1 aliphatic rings. The first kappa shape index (κ1) is 9.33. The van der Waals surface area contributed by atoms with Gasteiger partial charge in [0, 0.05) is 8.80 Å². The Morgan fingerprint density at radius 1 is 1.36 bits per heavy atom. The summed E-state index contributed by atoms with van der Waals surface area (Å²) in [5.41, 5.74) is 1.08. The topological polar surface area (TPSA) is 3.24 Å². The van der Waals surface area contributed by atoms with Crippen LogP contribution in [0.4, 0.5) is 0 Å². The monoisotopic (exact) mass is 169 g/mol. The van der Waals surface area contributed by atoms with Crippen molar-refractivity contribution in [3.63, 3.8) is 0 Å². The molecule has 1 saturated heterocycles. The molecule has 64 valence electrons. The number of piperidine rings is 1. The summed E-state index contributed by atoms with van der Waals surface area (Å²) in [6.45, 7) is 6.33. The average Bonchev–Trinajstić information content (AvgIpc) is 1.94. The number of hydrogen-bond acceptors (Lipinski definition) is 1. The van der Waals surface area contributed by atoms with E-state index in [4.69, 9.17) is 0 Å². The van der Waals surface area contributed by atoms with Gasteiger partial charge >= 0.3 is 0 Å². The van der Waals surface area contributed by atoms with Crippen molar-refractivity contribution in [2.24, 2.45) is 0 Å². The van der Waals surface area contributed by atoms with E-state index in [1.807, 2.05) is 0 Å². The van der Waals surface area contributed by atoms with Gasteiger partial charge in [-0.1, -0.05) is 19.5 Å². The molecule has 0 aromatic rings. The first-order valence-corrected chi connectivity index (χ1v) is 7.79. The molecule has 0 N–H and O–H groups in total. The summed E-state index contributed by atoms with van der Waals surface area (Å²) >= 11 is 0. The minimum Gasteiger partial charge on any atom is -0.311 e. The molecule has 2 unspecified atom stereocenters. The van der Waals surface area contributed by atoms with Gasteiger partial charge in [0.05, 0.1) is 0 Å². The van der Waals surface area contributed by atoms with E-state index in [1.165, 1.54) is 19.4 Å². The van der Waals surface area contributed by atoms with E-state index in [0.717, 1.165) is 11.5 Å². The molecule has 1 heterocycles. The molecule has 0 bridgehead atoms. The van der Waals surface area contributed by atoms with Crippen molar-refractivity contribution in [2.45, 2.75) is 37.4 Å². The van der Waals surface area contributed by atoms with Gasteiger partial charge in [0.2, 0.25) is 0 Å². The van der Waals surface area contributed by atoms with Crippen LogP contribution in [0.2, 0.25) is 18.6 Å². The van der Waals surface area contributed by atoms with Crippen molar-refractivity contribution in [1.29, 1.82) is 0 Å². The maximum Gasteiger partial charge on any atom is 0.123 e. The molecule has 0 aliphatic carbocycles. The molecule has 0 spiro atoms. The highest BCUT2D eigenvalue weighted by molar-refractivity contribution is 6.57. The van der Waals surface area contributed by atoms with Crippen LogP contribution in [0, 0.1) is 0 Å². The second-order valence-corrected chi connectivity index (χ2v) is 7.80. The highest BCUT2D eigenvalue weighted by atomic mass is 28.3. The largest absolute Gasteiger partial charge is 0.311 e. The van der Waals surface area contributed by atoms with Crippen LogP contribution in [-0.4, -0.2) is 41.1 Å². The molecule has 1 aliphatic heterocycles. The molecule has 1 rings (SSSR count). The summed E-state index contributed by atoms with van der Waals surface area (Å²) in [6.07, 6.45) is 2.92. The van der Waals surface area contributed by atoms with Crippen LogP contribution >= 0.6 is 0 Å². The highest BCUT2D eigenvalue weighted by Crippen LogP contribution is 2.25. The Hall–Kier alpha value is 0.242. The van der Waals surface area contributed by atoms with E-state index in [1.54, 1.807) is 0 Å². The van der Waals surface area contributed by atoms with Crippen molar-refractivity contribution in [1.82, 2.24) is 4.90 Å². The van der Waals surface area contributed by atoms with Gasteiger partial charge in [0.15, 0.2) is 0 Å². The smallest absolute Gasteiger partial charge is 0.123 e. The Morgan fingerprint density at radius 3 is 2.45 bits per heavy atom. The fourth-order valence-electron chi connectivity index (χ4n) is 1.86. The van der Waals surface area contributed by atoms with E-state index in [9.17, 15) is 0 Å². The van der Waals surface area contributed by atoms with E-state index in [2.05, 4.69) is 32.9 Å². The van der Waals surface area contributed by atoms with Crippen molar-refractivity contribution >= 4 is 16.6 Å². The lowest BCUT2D eigenvalue weighted by atomic mass is 9.87. The zero-order valence-electron chi connectivity index (χ0n) is 8.30. The molecule has 1 nitrogen and oxygen atoms in total. The second kappa shape index (κ2) is 3.77. The van der Waals surface area contributed by atoms with Crippen molar-refractivity contribution in [2.75, 3.05) is 13.6 Å². The van der Waals surface area contributed by atoms with Crippen LogP contribution in [0.25, 0.3) is 0 Å². The fraction of sp³-hybridized carbons (Fsp3) is 1.00. The molecule has 11 heavy (non-hydrogen) atoms. The summed E-state index contributed by atoms with van der Waals surface area (Å²) in [4.78, 5) is 2.53. The lowest BCUT2D eigenvalue weighted by Crippen LogP contribution is -2.41. The van der Waals surface area contributed by atoms with Gasteiger partial charge in [0.25, 0.3) is 0 Å². The summed E-state index contributed by atoms with van der Waals surface area (Å²) in [6, 6.07) is 0. The van der Waals surface area contributed by atoms with Crippen LogP contribution in [0.5, 0.6) is 0 Å². The standard InChI is InChI=1S/C8H20BNSi/c1-10-6-7(11(2)3)4-5-8(10)9/h7-8,11H,4-6,9H2,1-3H3. The SMILES string of the molecule is BC1CCC([SiH](C)C)CN1C. The minimum absolute atomic E-state index is 0.359. The Kier molecular flexibility index (Phi) is 3.19. The van der Waals surface area contributed by atoms with Gasteiger partial charge in [-0.25, -0.2) is 0 Å². The summed E-state index contributed by atoms with van der Waals surface area (Å²) < 4.78 is 0. The number of hydrogen-bond donors (Lipinski definition) is 0. The third-order valence-corrected chi connectivity index (χ3v) is 5.60. The van der Waals surface area contributed by atoms with Crippen molar-refractivity contribution in [3.05, 3.63) is 0 Å². The van der Waals surface area contributed by atoms with Gasteiger partial charge < -0.3 is 4.90 Å². The van der Waals surface area contributed by atoms with Crippen molar-refractivity contribution in [3.8, 4) is 0 Å². The summed E-state index contributed by atoms with van der Waals surface area (Å²) in [7, 11) is 4.26. The van der Waals surface area contributed by atoms with Gasteiger partial charge in [-0.3, -0.25) is 0 Å². The zero-order chi connectivity index (χ0) is 8.43. The van der Waals surface area contributed by atoms with Gasteiger partial charge in [0.1, 0.15) is 7.85 Å². The van der Waals surface area contributed by atoms with Crippen LogP contribution in [0.1, 0.15) is 12.8 Å². The molecule has 1 fully saturated rings. The van der Waals surface area contributed by atoms with Crippen molar-refractivity contribution < 1.29 is 0 Å². The molecule has 2 atom stereocenters. The zero-order valence-corrected chi connectivity index (χ0v) is 9.46. The minimum atomic E-state index is -0.359. The summed E-state index contributed by atoms with van der Waals surface area (Å²) in [5.74, 6) is 0.832. The first-order valence-electron chi connectivity index (χ1n) is 4.81. The number of nitrogens with zero attached hydrogens (tertiary/aromatic N) is 1. The van der Waals surface area contributed by atoms with Gasteiger partial charge in [-0.2, -0.15) is 0 Å². The summed E-state index contributed by atoms with van der Waals surface area (Å²) in [5, 5.41) is 0. The van der Waals surface area contributed by atoms with Gasteiger partial charge in [-0.15, -0.1) is 0 Å². The van der Waals surface area contributed by atoms with Crippen LogP contribution < -0.4 is 0 Å². The molecule has 0 aromatic carbocycles. The van der Waals surface area contributed by atoms with Crippen LogP contribution in [-0.2, 0) is 0 Å². The second-order valence-electron chi connectivity index (χ2n) is 4.37. The Labute approximate surface area is 73.2 Å². The third kappa shape index (κ3) is 2.34. The Morgan fingerprint density at radius 2 is 2.00 bits per heavy atom. The number of rotatable bonds is 1. The molecule has 0 amide bonds. The molecule has 0 radical (unpaired) electrons. The Balaban J connectivity index is 2.40. The maximum atomic E-state index is 2.53. The predicted molar refractivity (Wildman–Crippen MR) is 56.8 cm³/mol. The van der Waals surface area contributed by atoms with E-state index in [-0.39, 0.29) is 8.80 Å². The predicted octanol–water partition coefficient (Wildman–Crippen LogP) is 0.528. The third-order valence-electron chi connectivity index (χ3n) is 3.17. The van der Waals surface area contributed by atoms with Gasteiger partial charge in [-0.05, 0) is 31.5 Å². The normalized spacial score (nSPS) is 34.5. The van der Waals surface area contributed by atoms with Crippen LogP contribution in [0.15, 0.2) is 0 Å². The van der Waals surface area contributed by atoms with E-state index in [0.29, 0.717) is 0 Å². The molecule has 0 aromatic heterocycles. The highest BCUT2D eigenvalue weighted by Gasteiger charge is 2.24. The van der Waals surface area contributed by atoms with E-state index < -0.39 is 0 Å². The maximum absolute atomic E-state index is 2.53. The molecular formula is C8H20BNSi. The molecule has 3 heteroatoms. The quantitative estimate of drug-likeness (QED) is 0.517. The number of likely N-dealkylation sites (tertiary alicyclic amines) is 1. The molecular weight excluding hydrogens is 149 g/mol.